The summed E-state index contributed by atoms with van der Waals surface area (Å²) in [5, 5.41) is 1.07. The topological polar surface area (TPSA) is 54.6 Å². The highest BCUT2D eigenvalue weighted by Crippen LogP contribution is 2.31. The molecule has 2 fully saturated rings. The van der Waals surface area contributed by atoms with Crippen molar-refractivity contribution in [2.45, 2.75) is 37.5 Å². The minimum absolute atomic E-state index is 0.0908. The van der Waals surface area contributed by atoms with Crippen molar-refractivity contribution in [2.75, 3.05) is 20.3 Å². The van der Waals surface area contributed by atoms with Crippen LogP contribution >= 0.6 is 0 Å². The number of aromatic amines is 1. The molecule has 122 valence electrons. The zero-order valence-electron chi connectivity index (χ0n) is 13.3. The zero-order chi connectivity index (χ0) is 15.8. The number of hydrogen-bond donors (Lipinski definition) is 1. The van der Waals surface area contributed by atoms with Crippen LogP contribution in [-0.4, -0.2) is 54.3 Å². The number of carbonyl (C=O) groups excluding carboxylic acids is 1. The van der Waals surface area contributed by atoms with E-state index in [0.29, 0.717) is 13.2 Å². The summed E-state index contributed by atoms with van der Waals surface area (Å²) in [7, 11) is 1.75. The standard InChI is InChI=1S/C18H22N2O3/c1-22-13-5-6-16-15(11-13)20(9-10-23-16)18(21)14-4-2-3-12-7-8-19-17(12)14/h2-4,7-8,13,15-16,19H,5-6,9-11H2,1H3/t13-,15-,16+/m1/s1. The van der Waals surface area contributed by atoms with Gasteiger partial charge in [0.25, 0.3) is 5.91 Å². The van der Waals surface area contributed by atoms with Crippen molar-refractivity contribution in [2.24, 2.45) is 0 Å². The van der Waals surface area contributed by atoms with Gasteiger partial charge in [-0.3, -0.25) is 4.79 Å². The van der Waals surface area contributed by atoms with E-state index < -0.39 is 0 Å². The Balaban J connectivity index is 1.65. The molecule has 1 amide bonds. The van der Waals surface area contributed by atoms with E-state index in [2.05, 4.69) is 4.98 Å². The number of carbonyl (C=O) groups is 1. The molecule has 1 aromatic carbocycles. The molecule has 3 atom stereocenters. The number of morpholine rings is 1. The van der Waals surface area contributed by atoms with Crippen LogP contribution in [0.25, 0.3) is 10.9 Å². The Morgan fingerprint density at radius 2 is 2.26 bits per heavy atom. The van der Waals surface area contributed by atoms with Gasteiger partial charge in [-0.2, -0.15) is 0 Å². The number of rotatable bonds is 2. The molecule has 1 aliphatic heterocycles. The summed E-state index contributed by atoms with van der Waals surface area (Å²) >= 11 is 0. The molecule has 1 saturated carbocycles. The summed E-state index contributed by atoms with van der Waals surface area (Å²) < 4.78 is 11.4. The first-order chi connectivity index (χ1) is 11.3. The number of H-pyrrole nitrogens is 1. The van der Waals surface area contributed by atoms with Crippen LogP contribution < -0.4 is 0 Å². The molecule has 1 aromatic heterocycles. The maximum absolute atomic E-state index is 13.2. The van der Waals surface area contributed by atoms with Gasteiger partial charge in [0.05, 0.1) is 35.9 Å². The number of nitrogens with one attached hydrogen (secondary N) is 1. The van der Waals surface area contributed by atoms with Crippen molar-refractivity contribution in [3.63, 3.8) is 0 Å². The molecule has 1 N–H and O–H groups in total. The Bertz CT molecular complexity index is 711. The second-order valence-electron chi connectivity index (χ2n) is 6.39. The van der Waals surface area contributed by atoms with Crippen molar-refractivity contribution in [3.05, 3.63) is 36.0 Å². The lowest BCUT2D eigenvalue weighted by molar-refractivity contribution is -0.101. The number of hydrogen-bond acceptors (Lipinski definition) is 3. The van der Waals surface area contributed by atoms with Gasteiger partial charge in [-0.05, 0) is 31.4 Å². The van der Waals surface area contributed by atoms with E-state index in [1.165, 1.54) is 0 Å². The third kappa shape index (κ3) is 2.54. The number of para-hydroxylation sites is 1. The first-order valence-corrected chi connectivity index (χ1v) is 8.29. The maximum Gasteiger partial charge on any atom is 0.256 e. The molecule has 0 bridgehead atoms. The maximum atomic E-state index is 13.2. The zero-order valence-corrected chi connectivity index (χ0v) is 13.3. The average molecular weight is 314 g/mol. The summed E-state index contributed by atoms with van der Waals surface area (Å²) in [6.45, 7) is 1.26. The predicted octanol–water partition coefficient (Wildman–Crippen LogP) is 2.58. The molecule has 0 spiro atoms. The van der Waals surface area contributed by atoms with Gasteiger partial charge in [0, 0.05) is 25.2 Å². The Hall–Kier alpha value is -1.85. The van der Waals surface area contributed by atoms with E-state index in [1.54, 1.807) is 7.11 Å². The fourth-order valence-corrected chi connectivity index (χ4v) is 3.96. The van der Waals surface area contributed by atoms with E-state index in [0.717, 1.165) is 35.7 Å². The van der Waals surface area contributed by atoms with Crippen LogP contribution in [-0.2, 0) is 9.47 Å². The highest BCUT2D eigenvalue weighted by molar-refractivity contribution is 6.05. The molecule has 2 aromatic rings. The van der Waals surface area contributed by atoms with Crippen LogP contribution in [0.15, 0.2) is 30.5 Å². The van der Waals surface area contributed by atoms with Gasteiger partial charge < -0.3 is 19.4 Å². The molecule has 5 heteroatoms. The minimum Gasteiger partial charge on any atom is -0.381 e. The van der Waals surface area contributed by atoms with E-state index in [4.69, 9.17) is 9.47 Å². The predicted molar refractivity (Wildman–Crippen MR) is 87.5 cm³/mol. The second kappa shape index (κ2) is 5.98. The lowest BCUT2D eigenvalue weighted by Gasteiger charge is -2.45. The van der Waals surface area contributed by atoms with Gasteiger partial charge in [-0.25, -0.2) is 0 Å². The number of nitrogens with zero attached hydrogens (tertiary/aromatic N) is 1. The molecule has 1 aliphatic carbocycles. The highest BCUT2D eigenvalue weighted by atomic mass is 16.5. The Labute approximate surface area is 135 Å². The van der Waals surface area contributed by atoms with Crippen molar-refractivity contribution in [3.8, 4) is 0 Å². The molecule has 0 unspecified atom stereocenters. The highest BCUT2D eigenvalue weighted by Gasteiger charge is 2.40. The quantitative estimate of drug-likeness (QED) is 0.927. The number of aromatic nitrogens is 1. The number of benzene rings is 1. The Kier molecular flexibility index (Phi) is 3.83. The summed E-state index contributed by atoms with van der Waals surface area (Å²) in [4.78, 5) is 18.4. The van der Waals surface area contributed by atoms with E-state index in [1.807, 2.05) is 35.4 Å². The van der Waals surface area contributed by atoms with E-state index in [9.17, 15) is 4.79 Å². The molecule has 4 rings (SSSR count). The van der Waals surface area contributed by atoms with Gasteiger partial charge in [0.15, 0.2) is 0 Å². The van der Waals surface area contributed by atoms with Crippen LogP contribution in [0.5, 0.6) is 0 Å². The average Bonchev–Trinajstić information content (AvgIpc) is 3.08. The molecular formula is C18H22N2O3. The first-order valence-electron chi connectivity index (χ1n) is 8.29. The SMILES string of the molecule is CO[C@@H]1CC[C@@H]2OCCN(C(=O)c3cccc4cc[nH]c34)[C@@H]2C1. The first kappa shape index (κ1) is 14.7. The molecule has 5 nitrogen and oxygen atoms in total. The summed E-state index contributed by atoms with van der Waals surface area (Å²) in [5.74, 6) is 0.0908. The molecule has 2 heterocycles. The van der Waals surface area contributed by atoms with Gasteiger partial charge in [0.1, 0.15) is 0 Å². The van der Waals surface area contributed by atoms with Crippen molar-refractivity contribution in [1.29, 1.82) is 0 Å². The van der Waals surface area contributed by atoms with E-state index >= 15 is 0 Å². The molecule has 23 heavy (non-hydrogen) atoms. The number of fused-ring (bicyclic) bond motifs is 2. The lowest BCUT2D eigenvalue weighted by atomic mass is 9.87. The number of methoxy groups -OCH3 is 1. The lowest BCUT2D eigenvalue weighted by Crippen LogP contribution is -2.57. The van der Waals surface area contributed by atoms with Crippen LogP contribution in [0.4, 0.5) is 0 Å². The normalized spacial score (nSPS) is 27.9. The molecular weight excluding hydrogens is 292 g/mol. The monoisotopic (exact) mass is 314 g/mol. The molecule has 0 radical (unpaired) electrons. The van der Waals surface area contributed by atoms with Crippen LogP contribution in [0.2, 0.25) is 0 Å². The van der Waals surface area contributed by atoms with Gasteiger partial charge in [0.2, 0.25) is 0 Å². The van der Waals surface area contributed by atoms with Gasteiger partial charge in [-0.1, -0.05) is 12.1 Å². The Morgan fingerprint density at radius 3 is 3.13 bits per heavy atom. The third-order valence-corrected chi connectivity index (χ3v) is 5.18. The van der Waals surface area contributed by atoms with Crippen molar-refractivity contribution in [1.82, 2.24) is 9.88 Å². The fourth-order valence-electron chi connectivity index (χ4n) is 3.96. The van der Waals surface area contributed by atoms with Crippen LogP contribution in [0, 0.1) is 0 Å². The largest absolute Gasteiger partial charge is 0.381 e. The van der Waals surface area contributed by atoms with E-state index in [-0.39, 0.29) is 24.2 Å². The van der Waals surface area contributed by atoms with Crippen LogP contribution in [0.1, 0.15) is 29.6 Å². The molecule has 1 saturated heterocycles. The van der Waals surface area contributed by atoms with Crippen molar-refractivity contribution >= 4 is 16.8 Å². The fraction of sp³-hybridized carbons (Fsp3) is 0.500. The Morgan fingerprint density at radius 1 is 1.35 bits per heavy atom. The number of ether oxygens (including phenoxy) is 2. The minimum atomic E-state index is 0.0908. The second-order valence-corrected chi connectivity index (χ2v) is 6.39. The van der Waals surface area contributed by atoms with Crippen molar-refractivity contribution < 1.29 is 14.3 Å². The van der Waals surface area contributed by atoms with Gasteiger partial charge >= 0.3 is 0 Å². The number of amides is 1. The third-order valence-electron chi connectivity index (χ3n) is 5.18. The molecule has 2 aliphatic rings. The summed E-state index contributed by atoms with van der Waals surface area (Å²) in [6.07, 6.45) is 5.06. The van der Waals surface area contributed by atoms with Crippen LogP contribution in [0.3, 0.4) is 0 Å². The van der Waals surface area contributed by atoms with Gasteiger partial charge in [-0.15, -0.1) is 0 Å². The summed E-state index contributed by atoms with van der Waals surface area (Å²) in [5.41, 5.74) is 1.66. The smallest absolute Gasteiger partial charge is 0.256 e. The summed E-state index contributed by atoms with van der Waals surface area (Å²) in [6, 6.07) is 7.98.